The van der Waals surface area contributed by atoms with Crippen molar-refractivity contribution >= 4 is 23.3 Å². The highest BCUT2D eigenvalue weighted by atomic mass is 35.5. The SMILES string of the molecule is O=C(O)C1=CC(=NO)CC(c2ccc(Cl)cc2)N1. The van der Waals surface area contributed by atoms with Crippen LogP contribution in [-0.2, 0) is 4.79 Å². The monoisotopic (exact) mass is 266 g/mol. The normalized spacial score (nSPS) is 21.3. The zero-order valence-corrected chi connectivity index (χ0v) is 10.1. The second-order valence-corrected chi connectivity index (χ2v) is 4.34. The van der Waals surface area contributed by atoms with Crippen molar-refractivity contribution in [3.8, 4) is 0 Å². The van der Waals surface area contributed by atoms with E-state index >= 15 is 0 Å². The molecule has 0 fully saturated rings. The average molecular weight is 267 g/mol. The van der Waals surface area contributed by atoms with Gasteiger partial charge in [-0.15, -0.1) is 0 Å². The lowest BCUT2D eigenvalue weighted by molar-refractivity contribution is -0.133. The number of carboxylic acids is 1. The summed E-state index contributed by atoms with van der Waals surface area (Å²) in [6.07, 6.45) is 1.73. The molecule has 0 spiro atoms. The van der Waals surface area contributed by atoms with Crippen molar-refractivity contribution in [2.75, 3.05) is 0 Å². The number of benzene rings is 1. The van der Waals surface area contributed by atoms with E-state index in [0.717, 1.165) is 5.56 Å². The summed E-state index contributed by atoms with van der Waals surface area (Å²) in [5.41, 5.74) is 1.22. The average Bonchev–Trinajstić information content (AvgIpc) is 2.39. The van der Waals surface area contributed by atoms with E-state index in [1.165, 1.54) is 6.08 Å². The fourth-order valence-corrected chi connectivity index (χ4v) is 1.93. The van der Waals surface area contributed by atoms with Gasteiger partial charge in [0.15, 0.2) is 0 Å². The number of oxime groups is 1. The Kier molecular flexibility index (Phi) is 3.53. The Morgan fingerprint density at radius 1 is 1.39 bits per heavy atom. The van der Waals surface area contributed by atoms with Crippen molar-refractivity contribution in [1.82, 2.24) is 5.32 Å². The van der Waals surface area contributed by atoms with Gasteiger partial charge in [-0.05, 0) is 23.8 Å². The third-order valence-corrected chi connectivity index (χ3v) is 2.94. The van der Waals surface area contributed by atoms with E-state index in [-0.39, 0.29) is 11.7 Å². The maximum absolute atomic E-state index is 11.0. The van der Waals surface area contributed by atoms with Crippen molar-refractivity contribution in [2.24, 2.45) is 5.16 Å². The van der Waals surface area contributed by atoms with E-state index in [1.807, 2.05) is 0 Å². The molecule has 3 N–H and O–H groups in total. The Balaban J connectivity index is 2.29. The van der Waals surface area contributed by atoms with Crippen molar-refractivity contribution in [1.29, 1.82) is 0 Å². The first kappa shape index (κ1) is 12.4. The van der Waals surface area contributed by atoms with Gasteiger partial charge in [-0.25, -0.2) is 4.79 Å². The fourth-order valence-electron chi connectivity index (χ4n) is 1.80. The first-order valence-electron chi connectivity index (χ1n) is 5.28. The smallest absolute Gasteiger partial charge is 0.352 e. The Bertz CT molecular complexity index is 523. The van der Waals surface area contributed by atoms with E-state index in [1.54, 1.807) is 24.3 Å². The maximum atomic E-state index is 11.0. The van der Waals surface area contributed by atoms with Crippen molar-refractivity contribution in [3.63, 3.8) is 0 Å². The number of halogens is 1. The molecule has 1 aromatic rings. The zero-order chi connectivity index (χ0) is 13.1. The molecule has 1 unspecified atom stereocenters. The second-order valence-electron chi connectivity index (χ2n) is 3.91. The molecular weight excluding hydrogens is 256 g/mol. The largest absolute Gasteiger partial charge is 0.477 e. The quantitative estimate of drug-likeness (QED) is 0.566. The Morgan fingerprint density at radius 3 is 2.61 bits per heavy atom. The number of rotatable bonds is 2. The van der Waals surface area contributed by atoms with Crippen LogP contribution in [0.4, 0.5) is 0 Å². The van der Waals surface area contributed by atoms with E-state index in [9.17, 15) is 4.79 Å². The van der Waals surface area contributed by atoms with Gasteiger partial charge < -0.3 is 15.6 Å². The van der Waals surface area contributed by atoms with Gasteiger partial charge in [-0.1, -0.05) is 28.9 Å². The van der Waals surface area contributed by atoms with Crippen LogP contribution in [0.2, 0.25) is 5.02 Å². The minimum Gasteiger partial charge on any atom is -0.477 e. The minimum absolute atomic E-state index is 0.00833. The summed E-state index contributed by atoms with van der Waals surface area (Å²) in [6, 6.07) is 6.82. The topological polar surface area (TPSA) is 81.9 Å². The summed E-state index contributed by atoms with van der Waals surface area (Å²) in [5, 5.41) is 24.3. The molecule has 1 aliphatic rings. The molecular formula is C12H11ClN2O3. The third kappa shape index (κ3) is 2.62. The van der Waals surface area contributed by atoms with Crippen LogP contribution in [0.15, 0.2) is 41.2 Å². The van der Waals surface area contributed by atoms with E-state index in [2.05, 4.69) is 10.5 Å². The lowest BCUT2D eigenvalue weighted by atomic mass is 9.97. The highest BCUT2D eigenvalue weighted by molar-refractivity contribution is 6.30. The molecule has 18 heavy (non-hydrogen) atoms. The van der Waals surface area contributed by atoms with E-state index in [0.29, 0.717) is 17.2 Å². The summed E-state index contributed by atoms with van der Waals surface area (Å²) in [4.78, 5) is 11.0. The maximum Gasteiger partial charge on any atom is 0.352 e. The summed E-state index contributed by atoms with van der Waals surface area (Å²) < 4.78 is 0. The molecule has 0 saturated heterocycles. The molecule has 0 radical (unpaired) electrons. The van der Waals surface area contributed by atoms with Crippen LogP contribution in [0.5, 0.6) is 0 Å². The molecule has 1 atom stereocenters. The zero-order valence-electron chi connectivity index (χ0n) is 9.30. The summed E-state index contributed by atoms with van der Waals surface area (Å²) in [5.74, 6) is -1.09. The van der Waals surface area contributed by atoms with Crippen LogP contribution < -0.4 is 5.32 Å². The van der Waals surface area contributed by atoms with Crippen LogP contribution in [-0.4, -0.2) is 22.0 Å². The molecule has 0 aromatic heterocycles. The first-order valence-corrected chi connectivity index (χ1v) is 5.66. The molecule has 0 aliphatic carbocycles. The number of nitrogens with one attached hydrogen (secondary N) is 1. The number of hydrogen-bond donors (Lipinski definition) is 3. The highest BCUT2D eigenvalue weighted by Gasteiger charge is 2.23. The summed E-state index contributed by atoms with van der Waals surface area (Å²) in [7, 11) is 0. The van der Waals surface area contributed by atoms with Gasteiger partial charge in [-0.3, -0.25) is 0 Å². The molecule has 1 heterocycles. The number of hydrogen-bond acceptors (Lipinski definition) is 4. The van der Waals surface area contributed by atoms with Gasteiger partial charge in [-0.2, -0.15) is 0 Å². The molecule has 94 valence electrons. The third-order valence-electron chi connectivity index (χ3n) is 2.69. The number of aliphatic carboxylic acids is 1. The lowest BCUT2D eigenvalue weighted by Crippen LogP contribution is -2.31. The van der Waals surface area contributed by atoms with Crippen LogP contribution in [0.25, 0.3) is 0 Å². The Hall–Kier alpha value is -2.01. The predicted octanol–water partition coefficient (Wildman–Crippen LogP) is 2.17. The number of allylic oxidation sites excluding steroid dienone is 1. The number of nitrogens with zero attached hydrogens (tertiary/aromatic N) is 1. The second kappa shape index (κ2) is 5.10. The number of carbonyl (C=O) groups is 1. The van der Waals surface area contributed by atoms with Crippen LogP contribution in [0.1, 0.15) is 18.0 Å². The van der Waals surface area contributed by atoms with Gasteiger partial charge in [0.1, 0.15) is 5.70 Å². The van der Waals surface area contributed by atoms with Crippen LogP contribution >= 0.6 is 11.6 Å². The van der Waals surface area contributed by atoms with E-state index in [4.69, 9.17) is 21.9 Å². The van der Waals surface area contributed by atoms with Gasteiger partial charge in [0.05, 0.1) is 11.8 Å². The fraction of sp³-hybridized carbons (Fsp3) is 0.167. The molecule has 0 amide bonds. The van der Waals surface area contributed by atoms with Gasteiger partial charge in [0.2, 0.25) is 0 Å². The lowest BCUT2D eigenvalue weighted by Gasteiger charge is -2.24. The molecule has 1 aliphatic heterocycles. The number of carboxylic acid groups (broad SMARTS) is 1. The molecule has 2 rings (SSSR count). The molecule has 0 bridgehead atoms. The standard InChI is InChI=1S/C12H11ClN2O3/c13-8-3-1-7(2-4-8)10-5-9(15-18)6-11(14-10)12(16)17/h1-4,6,10,14,18H,5H2,(H,16,17). The molecule has 1 aromatic carbocycles. The van der Waals surface area contributed by atoms with Crippen molar-refractivity contribution < 1.29 is 15.1 Å². The summed E-state index contributed by atoms with van der Waals surface area (Å²) >= 11 is 5.80. The van der Waals surface area contributed by atoms with Crippen molar-refractivity contribution in [2.45, 2.75) is 12.5 Å². The van der Waals surface area contributed by atoms with Crippen LogP contribution in [0, 0.1) is 0 Å². The molecule has 0 saturated carbocycles. The van der Waals surface area contributed by atoms with E-state index < -0.39 is 5.97 Å². The van der Waals surface area contributed by atoms with Gasteiger partial charge in [0, 0.05) is 11.4 Å². The predicted molar refractivity (Wildman–Crippen MR) is 66.9 cm³/mol. The Morgan fingerprint density at radius 2 is 2.06 bits per heavy atom. The molecule has 6 heteroatoms. The van der Waals surface area contributed by atoms with Gasteiger partial charge in [0.25, 0.3) is 0 Å². The van der Waals surface area contributed by atoms with Crippen LogP contribution in [0.3, 0.4) is 0 Å². The highest BCUT2D eigenvalue weighted by Crippen LogP contribution is 2.24. The van der Waals surface area contributed by atoms with Crippen molar-refractivity contribution in [3.05, 3.63) is 46.6 Å². The summed E-state index contributed by atoms with van der Waals surface area (Å²) in [6.45, 7) is 0. The molecule has 5 nitrogen and oxygen atoms in total. The Labute approximate surface area is 108 Å². The first-order chi connectivity index (χ1) is 8.60. The van der Waals surface area contributed by atoms with Gasteiger partial charge >= 0.3 is 5.97 Å². The minimum atomic E-state index is -1.09.